The number of rotatable bonds is 5. The van der Waals surface area contributed by atoms with E-state index in [4.69, 9.17) is 11.6 Å². The highest BCUT2D eigenvalue weighted by molar-refractivity contribution is 9.11. The minimum atomic E-state index is -4.36. The van der Waals surface area contributed by atoms with Gasteiger partial charge in [0.05, 0.1) is 8.81 Å². The smallest absolute Gasteiger partial charge is 0.210 e. The Morgan fingerprint density at radius 3 is 2.56 bits per heavy atom. The van der Waals surface area contributed by atoms with Crippen LogP contribution in [0.1, 0.15) is 0 Å². The molecule has 3 nitrogen and oxygen atoms in total. The molecule has 1 aromatic rings. The summed E-state index contributed by atoms with van der Waals surface area (Å²) < 4.78 is 61.2. The van der Waals surface area contributed by atoms with Gasteiger partial charge in [-0.2, -0.15) is 13.2 Å². The normalized spacial score (nSPS) is 12.9. The van der Waals surface area contributed by atoms with Crippen LogP contribution in [-0.4, -0.2) is 26.2 Å². The van der Waals surface area contributed by atoms with Crippen molar-refractivity contribution in [3.8, 4) is 0 Å². The van der Waals surface area contributed by atoms with Gasteiger partial charge >= 0.3 is 5.51 Å². The summed E-state index contributed by atoms with van der Waals surface area (Å²) in [5.74, 6) is -0.386. The van der Waals surface area contributed by atoms with Crippen molar-refractivity contribution >= 4 is 60.7 Å². The van der Waals surface area contributed by atoms with Gasteiger partial charge in [0.2, 0.25) is 10.0 Å². The molecule has 0 atom stereocenters. The van der Waals surface area contributed by atoms with Gasteiger partial charge < -0.3 is 0 Å². The predicted molar refractivity (Wildman–Crippen MR) is 70.7 cm³/mol. The van der Waals surface area contributed by atoms with Crippen LogP contribution >= 0.6 is 50.6 Å². The Hall–Kier alpha value is 0.520. The zero-order valence-electron chi connectivity index (χ0n) is 8.42. The maximum absolute atomic E-state index is 11.8. The Kier molecular flexibility index (Phi) is 5.81. The number of hydrogen-bond acceptors (Lipinski definition) is 4. The Morgan fingerprint density at radius 1 is 1.50 bits per heavy atom. The van der Waals surface area contributed by atoms with Gasteiger partial charge in [-0.05, 0) is 33.8 Å². The van der Waals surface area contributed by atoms with Crippen molar-refractivity contribution in [1.82, 2.24) is 4.72 Å². The van der Waals surface area contributed by atoms with Gasteiger partial charge in [0.25, 0.3) is 0 Å². The van der Waals surface area contributed by atoms with Gasteiger partial charge in [0, 0.05) is 12.3 Å². The third-order valence-electron chi connectivity index (χ3n) is 1.55. The van der Waals surface area contributed by atoms with Crippen LogP contribution in [0.5, 0.6) is 0 Å². The number of thiophene rings is 1. The highest BCUT2D eigenvalue weighted by Crippen LogP contribution is 2.34. The van der Waals surface area contributed by atoms with Crippen molar-refractivity contribution in [3.05, 3.63) is 14.9 Å². The van der Waals surface area contributed by atoms with E-state index in [1.807, 2.05) is 0 Å². The molecule has 18 heavy (non-hydrogen) atoms. The van der Waals surface area contributed by atoms with E-state index in [9.17, 15) is 21.6 Å². The average Bonchev–Trinajstić information content (AvgIpc) is 2.54. The Morgan fingerprint density at radius 2 is 2.11 bits per heavy atom. The lowest BCUT2D eigenvalue weighted by atomic mass is 10.7. The SMILES string of the molecule is O=S(=O)(NCCSC(F)(F)F)c1cc(Cl)c(Br)s1. The Balaban J connectivity index is 2.56. The lowest BCUT2D eigenvalue weighted by Crippen LogP contribution is -2.26. The standard InChI is InChI=1S/C7H6BrClF3NO2S3/c8-6-4(9)3-5(17-6)18(14,15)13-1-2-16-7(10,11)12/h3,13H,1-2H2. The molecular weight excluding hydrogens is 399 g/mol. The van der Waals surface area contributed by atoms with Crippen molar-refractivity contribution in [3.63, 3.8) is 0 Å². The number of thioether (sulfide) groups is 1. The molecule has 0 saturated carbocycles. The first-order valence-electron chi connectivity index (χ1n) is 4.27. The van der Waals surface area contributed by atoms with E-state index in [0.29, 0.717) is 3.79 Å². The number of alkyl halides is 3. The lowest BCUT2D eigenvalue weighted by Gasteiger charge is -2.06. The molecule has 0 aliphatic heterocycles. The fraction of sp³-hybridized carbons (Fsp3) is 0.429. The van der Waals surface area contributed by atoms with Gasteiger partial charge in [0.15, 0.2) is 0 Å². The first-order valence-corrected chi connectivity index (χ1v) is 8.72. The third kappa shape index (κ3) is 5.25. The molecule has 11 heteroatoms. The van der Waals surface area contributed by atoms with Crippen molar-refractivity contribution in [2.45, 2.75) is 9.72 Å². The molecule has 1 aromatic heterocycles. The average molecular weight is 405 g/mol. The number of sulfonamides is 1. The van der Waals surface area contributed by atoms with Crippen molar-refractivity contribution in [2.75, 3.05) is 12.3 Å². The van der Waals surface area contributed by atoms with Crippen LogP contribution < -0.4 is 4.72 Å². The van der Waals surface area contributed by atoms with Crippen LogP contribution in [0.15, 0.2) is 14.1 Å². The molecule has 0 unspecified atom stereocenters. The monoisotopic (exact) mass is 403 g/mol. The zero-order chi connectivity index (χ0) is 14.0. The zero-order valence-corrected chi connectivity index (χ0v) is 13.2. The molecule has 0 fully saturated rings. The number of halogens is 5. The molecule has 1 rings (SSSR count). The number of nitrogens with one attached hydrogen (secondary N) is 1. The molecule has 0 aliphatic rings. The predicted octanol–water partition coefficient (Wildman–Crippen LogP) is 3.70. The van der Waals surface area contributed by atoms with Crippen molar-refractivity contribution < 1.29 is 21.6 Å². The summed E-state index contributed by atoms with van der Waals surface area (Å²) in [6.45, 7) is -0.306. The van der Waals surface area contributed by atoms with Crippen LogP contribution in [0.4, 0.5) is 13.2 Å². The summed E-state index contributed by atoms with van der Waals surface area (Å²) in [5, 5.41) is 0.241. The van der Waals surface area contributed by atoms with E-state index in [-0.39, 0.29) is 33.3 Å². The summed E-state index contributed by atoms with van der Waals surface area (Å²) in [7, 11) is -3.81. The van der Waals surface area contributed by atoms with Gasteiger partial charge in [-0.25, -0.2) is 13.1 Å². The lowest BCUT2D eigenvalue weighted by molar-refractivity contribution is -0.0327. The van der Waals surface area contributed by atoms with E-state index in [2.05, 4.69) is 20.7 Å². The van der Waals surface area contributed by atoms with Crippen LogP contribution in [-0.2, 0) is 10.0 Å². The molecule has 0 spiro atoms. The molecule has 1 heterocycles. The maximum Gasteiger partial charge on any atom is 0.441 e. The Labute approximate surface area is 123 Å². The maximum atomic E-state index is 11.8. The summed E-state index contributed by atoms with van der Waals surface area (Å²) in [5.41, 5.74) is -4.36. The molecule has 104 valence electrons. The Bertz CT molecular complexity index is 497. The fourth-order valence-electron chi connectivity index (χ4n) is 0.873. The van der Waals surface area contributed by atoms with Crippen molar-refractivity contribution in [2.24, 2.45) is 0 Å². The van der Waals surface area contributed by atoms with E-state index < -0.39 is 15.5 Å². The van der Waals surface area contributed by atoms with E-state index >= 15 is 0 Å². The van der Waals surface area contributed by atoms with Crippen LogP contribution in [0, 0.1) is 0 Å². The van der Waals surface area contributed by atoms with Crippen LogP contribution in [0.2, 0.25) is 5.02 Å². The summed E-state index contributed by atoms with van der Waals surface area (Å²) in [4.78, 5) is 0. The first-order chi connectivity index (χ1) is 8.12. The second kappa shape index (κ2) is 6.31. The molecule has 0 aromatic carbocycles. The van der Waals surface area contributed by atoms with Gasteiger partial charge in [-0.3, -0.25) is 0 Å². The first kappa shape index (κ1) is 16.6. The van der Waals surface area contributed by atoms with Gasteiger partial charge in [-0.15, -0.1) is 11.3 Å². The molecule has 1 N–H and O–H groups in total. The quantitative estimate of drug-likeness (QED) is 0.761. The summed E-state index contributed by atoms with van der Waals surface area (Å²) in [6.07, 6.45) is 0. The highest BCUT2D eigenvalue weighted by atomic mass is 79.9. The molecule has 0 aliphatic carbocycles. The molecular formula is C7H6BrClF3NO2S3. The van der Waals surface area contributed by atoms with Crippen molar-refractivity contribution in [1.29, 1.82) is 0 Å². The summed E-state index contributed by atoms with van der Waals surface area (Å²) in [6, 6.07) is 1.23. The van der Waals surface area contributed by atoms with Gasteiger partial charge in [-0.1, -0.05) is 11.6 Å². The molecule has 0 saturated heterocycles. The highest BCUT2D eigenvalue weighted by Gasteiger charge is 2.28. The van der Waals surface area contributed by atoms with Crippen LogP contribution in [0.25, 0.3) is 0 Å². The second-order valence-corrected chi connectivity index (χ2v) is 8.81. The van der Waals surface area contributed by atoms with Gasteiger partial charge in [0.1, 0.15) is 4.21 Å². The van der Waals surface area contributed by atoms with E-state index in [1.165, 1.54) is 6.07 Å². The fourth-order valence-corrected chi connectivity index (χ4v) is 4.91. The second-order valence-electron chi connectivity index (χ2n) is 2.88. The minimum Gasteiger partial charge on any atom is -0.210 e. The molecule has 0 amide bonds. The van der Waals surface area contributed by atoms with E-state index in [1.54, 1.807) is 0 Å². The summed E-state index contributed by atoms with van der Waals surface area (Å²) >= 11 is 9.34. The minimum absolute atomic E-state index is 0.0450. The molecule has 0 bridgehead atoms. The third-order valence-corrected chi connectivity index (χ3v) is 6.69. The number of hydrogen-bond donors (Lipinski definition) is 1. The van der Waals surface area contributed by atoms with Crippen LogP contribution in [0.3, 0.4) is 0 Å². The largest absolute Gasteiger partial charge is 0.441 e. The topological polar surface area (TPSA) is 46.2 Å². The molecule has 0 radical (unpaired) electrons. The van der Waals surface area contributed by atoms with E-state index in [0.717, 1.165) is 11.3 Å².